The molecule has 0 radical (unpaired) electrons. The Kier molecular flexibility index (Phi) is 5.57. The zero-order valence-corrected chi connectivity index (χ0v) is 16.0. The highest BCUT2D eigenvalue weighted by Gasteiger charge is 2.35. The Morgan fingerprint density at radius 2 is 1.60 bits per heavy atom. The van der Waals surface area contributed by atoms with Crippen LogP contribution in [0.4, 0.5) is 18.9 Å². The fraction of sp³-hybridized carbons (Fsp3) is 0.125. The van der Waals surface area contributed by atoms with Crippen molar-refractivity contribution in [2.24, 2.45) is 0 Å². The van der Waals surface area contributed by atoms with Gasteiger partial charge in [-0.2, -0.15) is 18.3 Å². The van der Waals surface area contributed by atoms with Crippen molar-refractivity contribution in [3.8, 4) is 0 Å². The number of aromatic nitrogens is 2. The zero-order valence-electron chi connectivity index (χ0n) is 16.0. The molecule has 0 bridgehead atoms. The lowest BCUT2D eigenvalue weighted by atomic mass is 9.95. The van der Waals surface area contributed by atoms with Gasteiger partial charge in [0, 0.05) is 17.4 Å². The Morgan fingerprint density at radius 3 is 2.33 bits per heavy atom. The van der Waals surface area contributed by atoms with Gasteiger partial charge in [-0.3, -0.25) is 5.10 Å². The third kappa shape index (κ3) is 4.54. The Morgan fingerprint density at radius 1 is 0.867 bits per heavy atom. The van der Waals surface area contributed by atoms with Gasteiger partial charge in [0.05, 0.1) is 17.8 Å². The molecular formula is C24H20F3N3. The highest BCUT2D eigenvalue weighted by molar-refractivity contribution is 5.52. The topological polar surface area (TPSA) is 40.7 Å². The van der Waals surface area contributed by atoms with Crippen molar-refractivity contribution in [2.75, 3.05) is 5.32 Å². The largest absolute Gasteiger partial charge is 0.416 e. The molecule has 6 heteroatoms. The Labute approximate surface area is 172 Å². The maximum Gasteiger partial charge on any atom is 0.416 e. The molecule has 3 aromatic carbocycles. The summed E-state index contributed by atoms with van der Waals surface area (Å²) in [4.78, 5) is 0. The third-order valence-corrected chi connectivity index (χ3v) is 4.92. The summed E-state index contributed by atoms with van der Waals surface area (Å²) in [6.45, 7) is 0. The smallest absolute Gasteiger partial charge is 0.374 e. The molecule has 0 saturated carbocycles. The minimum Gasteiger partial charge on any atom is -0.374 e. The van der Waals surface area contributed by atoms with E-state index in [1.165, 1.54) is 17.7 Å². The van der Waals surface area contributed by atoms with Crippen molar-refractivity contribution in [1.82, 2.24) is 10.2 Å². The SMILES string of the molecule is FC(F)(F)c1ccccc1C(Nc1cccc(Cc2ccccc2)c1)c1cn[nH]c1. The van der Waals surface area contributed by atoms with E-state index in [-0.39, 0.29) is 5.56 Å². The van der Waals surface area contributed by atoms with Crippen LogP contribution < -0.4 is 5.32 Å². The third-order valence-electron chi connectivity index (χ3n) is 4.92. The normalized spacial score (nSPS) is 12.5. The highest BCUT2D eigenvalue weighted by Crippen LogP contribution is 2.37. The zero-order chi connectivity index (χ0) is 21.0. The lowest BCUT2D eigenvalue weighted by Crippen LogP contribution is -2.18. The van der Waals surface area contributed by atoms with Gasteiger partial charge in [0.15, 0.2) is 0 Å². The quantitative estimate of drug-likeness (QED) is 0.398. The Bertz CT molecular complexity index is 1090. The lowest BCUT2D eigenvalue weighted by molar-refractivity contribution is -0.138. The summed E-state index contributed by atoms with van der Waals surface area (Å²) in [5.41, 5.74) is 3.10. The van der Waals surface area contributed by atoms with Crippen LogP contribution in [0.3, 0.4) is 0 Å². The maximum atomic E-state index is 13.6. The second kappa shape index (κ2) is 8.45. The van der Waals surface area contributed by atoms with E-state index in [1.54, 1.807) is 18.5 Å². The molecule has 1 atom stereocenters. The van der Waals surface area contributed by atoms with Gasteiger partial charge in [-0.05, 0) is 41.3 Å². The highest BCUT2D eigenvalue weighted by atomic mass is 19.4. The molecule has 30 heavy (non-hydrogen) atoms. The van der Waals surface area contributed by atoms with Gasteiger partial charge in [-0.25, -0.2) is 0 Å². The molecule has 0 amide bonds. The lowest BCUT2D eigenvalue weighted by Gasteiger charge is -2.23. The molecule has 0 spiro atoms. The second-order valence-corrected chi connectivity index (χ2v) is 7.06. The summed E-state index contributed by atoms with van der Waals surface area (Å²) >= 11 is 0. The number of rotatable bonds is 6. The molecule has 4 rings (SSSR count). The summed E-state index contributed by atoms with van der Waals surface area (Å²) in [5, 5.41) is 9.90. The summed E-state index contributed by atoms with van der Waals surface area (Å²) in [5.74, 6) is 0. The number of anilines is 1. The molecular weight excluding hydrogens is 387 g/mol. The number of halogens is 3. The van der Waals surface area contributed by atoms with Crippen LogP contribution in [-0.4, -0.2) is 10.2 Å². The number of H-pyrrole nitrogens is 1. The molecule has 1 heterocycles. The standard InChI is InChI=1S/C24H20F3N3/c25-24(26,27)22-12-5-4-11-21(22)23(19-15-28-29-16-19)30-20-10-6-9-18(14-20)13-17-7-2-1-3-8-17/h1-12,14-16,23,30H,13H2,(H,28,29). The van der Waals surface area contributed by atoms with Gasteiger partial charge < -0.3 is 5.32 Å². The Balaban J connectivity index is 1.68. The fourth-order valence-corrected chi connectivity index (χ4v) is 3.54. The second-order valence-electron chi connectivity index (χ2n) is 7.06. The van der Waals surface area contributed by atoms with Crippen molar-refractivity contribution in [2.45, 2.75) is 18.6 Å². The number of benzene rings is 3. The van der Waals surface area contributed by atoms with E-state index >= 15 is 0 Å². The molecule has 152 valence electrons. The average molecular weight is 407 g/mol. The van der Waals surface area contributed by atoms with Crippen molar-refractivity contribution in [3.63, 3.8) is 0 Å². The first-order valence-corrected chi connectivity index (χ1v) is 9.55. The summed E-state index contributed by atoms with van der Waals surface area (Å²) < 4.78 is 40.9. The number of hydrogen-bond donors (Lipinski definition) is 2. The van der Waals surface area contributed by atoms with Crippen LogP contribution in [0.2, 0.25) is 0 Å². The summed E-state index contributed by atoms with van der Waals surface area (Å²) in [6.07, 6.45) is -0.557. The van der Waals surface area contributed by atoms with E-state index in [4.69, 9.17) is 0 Å². The molecule has 0 fully saturated rings. The van der Waals surface area contributed by atoms with Crippen molar-refractivity contribution >= 4 is 5.69 Å². The number of nitrogens with one attached hydrogen (secondary N) is 2. The van der Waals surface area contributed by atoms with E-state index < -0.39 is 17.8 Å². The van der Waals surface area contributed by atoms with Gasteiger partial charge in [0.25, 0.3) is 0 Å². The predicted molar refractivity (Wildman–Crippen MR) is 111 cm³/mol. The molecule has 2 N–H and O–H groups in total. The first-order valence-electron chi connectivity index (χ1n) is 9.55. The van der Waals surface area contributed by atoms with Crippen LogP contribution in [0.1, 0.15) is 33.9 Å². The fourth-order valence-electron chi connectivity index (χ4n) is 3.54. The average Bonchev–Trinajstić information content (AvgIpc) is 3.27. The number of aromatic amines is 1. The number of nitrogens with zero attached hydrogens (tertiary/aromatic N) is 1. The minimum absolute atomic E-state index is 0.153. The molecule has 3 nitrogen and oxygen atoms in total. The van der Waals surface area contributed by atoms with E-state index in [9.17, 15) is 13.2 Å². The van der Waals surface area contributed by atoms with Gasteiger partial charge in [0.1, 0.15) is 0 Å². The molecule has 0 aliphatic heterocycles. The van der Waals surface area contributed by atoms with Gasteiger partial charge in [-0.15, -0.1) is 0 Å². The monoisotopic (exact) mass is 407 g/mol. The van der Waals surface area contributed by atoms with Crippen LogP contribution in [0.25, 0.3) is 0 Å². The van der Waals surface area contributed by atoms with E-state index in [2.05, 4.69) is 15.5 Å². The van der Waals surface area contributed by atoms with E-state index in [0.717, 1.165) is 23.7 Å². The van der Waals surface area contributed by atoms with Gasteiger partial charge in [-0.1, -0.05) is 60.7 Å². The van der Waals surface area contributed by atoms with Crippen LogP contribution in [0.15, 0.2) is 91.3 Å². The van der Waals surface area contributed by atoms with Crippen LogP contribution >= 0.6 is 0 Å². The molecule has 0 saturated heterocycles. The van der Waals surface area contributed by atoms with Crippen LogP contribution in [0.5, 0.6) is 0 Å². The molecule has 1 aromatic heterocycles. The van der Waals surface area contributed by atoms with Crippen molar-refractivity contribution < 1.29 is 13.2 Å². The predicted octanol–water partition coefficient (Wildman–Crippen LogP) is 6.22. The van der Waals surface area contributed by atoms with Gasteiger partial charge in [0.2, 0.25) is 0 Å². The minimum atomic E-state index is -4.45. The molecule has 0 aliphatic carbocycles. The van der Waals surface area contributed by atoms with E-state index in [0.29, 0.717) is 5.56 Å². The molecule has 1 unspecified atom stereocenters. The van der Waals surface area contributed by atoms with Crippen LogP contribution in [-0.2, 0) is 12.6 Å². The summed E-state index contributed by atoms with van der Waals surface area (Å²) in [7, 11) is 0. The van der Waals surface area contributed by atoms with E-state index in [1.807, 2.05) is 54.6 Å². The number of alkyl halides is 3. The van der Waals surface area contributed by atoms with Crippen LogP contribution in [0, 0.1) is 0 Å². The van der Waals surface area contributed by atoms with Crippen molar-refractivity contribution in [3.05, 3.63) is 119 Å². The molecule has 0 aliphatic rings. The maximum absolute atomic E-state index is 13.6. The number of hydrogen-bond acceptors (Lipinski definition) is 2. The summed E-state index contributed by atoms with van der Waals surface area (Å²) in [6, 6.07) is 22.7. The first kappa shape index (κ1) is 19.8. The van der Waals surface area contributed by atoms with Gasteiger partial charge >= 0.3 is 6.18 Å². The molecule has 4 aromatic rings. The Hall–Kier alpha value is -3.54. The first-order chi connectivity index (χ1) is 14.5. The van der Waals surface area contributed by atoms with Crippen molar-refractivity contribution in [1.29, 1.82) is 0 Å².